The number of rotatable bonds is 4. The minimum absolute atomic E-state index is 0.416. The SMILES string of the molecule is C#CCC(C)c1ccc(OCC)c(C)c1C. The number of hydrogen-bond acceptors (Lipinski definition) is 1. The minimum atomic E-state index is 0.416. The number of terminal acetylenes is 1. The van der Waals surface area contributed by atoms with E-state index in [0.29, 0.717) is 12.5 Å². The van der Waals surface area contributed by atoms with Crippen LogP contribution in [0, 0.1) is 26.2 Å². The Morgan fingerprint density at radius 3 is 2.56 bits per heavy atom. The maximum absolute atomic E-state index is 5.57. The summed E-state index contributed by atoms with van der Waals surface area (Å²) in [6, 6.07) is 4.18. The summed E-state index contributed by atoms with van der Waals surface area (Å²) in [5.74, 6) is 4.12. The molecule has 0 heterocycles. The molecule has 0 aliphatic carbocycles. The van der Waals surface area contributed by atoms with Gasteiger partial charge >= 0.3 is 0 Å². The second-order valence-corrected chi connectivity index (χ2v) is 4.15. The summed E-state index contributed by atoms with van der Waals surface area (Å²) in [5.41, 5.74) is 3.86. The normalized spacial score (nSPS) is 11.9. The fraction of sp³-hybridized carbons (Fsp3) is 0.467. The van der Waals surface area contributed by atoms with Crippen molar-refractivity contribution in [3.63, 3.8) is 0 Å². The predicted molar refractivity (Wildman–Crippen MR) is 69.0 cm³/mol. The highest BCUT2D eigenvalue weighted by Crippen LogP contribution is 2.30. The first-order valence-electron chi connectivity index (χ1n) is 5.78. The molecular formula is C15H20O. The standard InChI is InChI=1S/C15H20O/c1-6-8-11(3)14-9-10-15(16-7-2)13(5)12(14)4/h1,9-11H,7-8H2,2-5H3. The Labute approximate surface area is 98.8 Å². The molecule has 0 aliphatic heterocycles. The monoisotopic (exact) mass is 216 g/mol. The van der Waals surface area contributed by atoms with Gasteiger partial charge in [-0.2, -0.15) is 0 Å². The second kappa shape index (κ2) is 5.61. The van der Waals surface area contributed by atoms with Crippen molar-refractivity contribution in [1.29, 1.82) is 0 Å². The number of ether oxygens (including phenoxy) is 1. The van der Waals surface area contributed by atoms with Crippen LogP contribution in [-0.2, 0) is 0 Å². The van der Waals surface area contributed by atoms with E-state index in [1.807, 2.05) is 13.0 Å². The predicted octanol–water partition coefficient (Wildman–Crippen LogP) is 3.83. The molecule has 0 bridgehead atoms. The molecule has 1 aromatic rings. The highest BCUT2D eigenvalue weighted by Gasteiger charge is 2.11. The first kappa shape index (κ1) is 12.6. The van der Waals surface area contributed by atoms with Gasteiger partial charge in [0.05, 0.1) is 6.61 Å². The maximum atomic E-state index is 5.57. The highest BCUT2D eigenvalue weighted by atomic mass is 16.5. The molecule has 0 fully saturated rings. The summed E-state index contributed by atoms with van der Waals surface area (Å²) in [5, 5.41) is 0. The van der Waals surface area contributed by atoms with Gasteiger partial charge in [-0.05, 0) is 49.4 Å². The Morgan fingerprint density at radius 1 is 1.31 bits per heavy atom. The highest BCUT2D eigenvalue weighted by molar-refractivity contribution is 5.45. The van der Waals surface area contributed by atoms with Crippen molar-refractivity contribution in [3.8, 4) is 18.1 Å². The van der Waals surface area contributed by atoms with Crippen molar-refractivity contribution >= 4 is 0 Å². The van der Waals surface area contributed by atoms with E-state index in [9.17, 15) is 0 Å². The molecule has 0 saturated carbocycles. The van der Waals surface area contributed by atoms with E-state index in [4.69, 9.17) is 11.2 Å². The minimum Gasteiger partial charge on any atom is -0.494 e. The average molecular weight is 216 g/mol. The fourth-order valence-corrected chi connectivity index (χ4v) is 1.95. The molecule has 0 spiro atoms. The van der Waals surface area contributed by atoms with Crippen LogP contribution >= 0.6 is 0 Å². The van der Waals surface area contributed by atoms with E-state index >= 15 is 0 Å². The summed E-state index contributed by atoms with van der Waals surface area (Å²) in [7, 11) is 0. The lowest BCUT2D eigenvalue weighted by molar-refractivity contribution is 0.337. The third-order valence-electron chi connectivity index (χ3n) is 3.03. The van der Waals surface area contributed by atoms with E-state index in [2.05, 4.69) is 32.8 Å². The van der Waals surface area contributed by atoms with Crippen molar-refractivity contribution in [1.82, 2.24) is 0 Å². The van der Waals surface area contributed by atoms with Crippen LogP contribution in [0.5, 0.6) is 5.75 Å². The maximum Gasteiger partial charge on any atom is 0.122 e. The molecule has 86 valence electrons. The molecule has 1 aromatic carbocycles. The quantitative estimate of drug-likeness (QED) is 0.695. The van der Waals surface area contributed by atoms with E-state index in [1.165, 1.54) is 16.7 Å². The zero-order valence-electron chi connectivity index (χ0n) is 10.6. The molecule has 1 rings (SSSR count). The summed E-state index contributed by atoms with van der Waals surface area (Å²) >= 11 is 0. The zero-order chi connectivity index (χ0) is 12.1. The Bertz CT molecular complexity index is 399. The Kier molecular flexibility index (Phi) is 4.43. The van der Waals surface area contributed by atoms with E-state index in [0.717, 1.165) is 12.2 Å². The van der Waals surface area contributed by atoms with Gasteiger partial charge in [-0.25, -0.2) is 0 Å². The van der Waals surface area contributed by atoms with Gasteiger partial charge < -0.3 is 4.74 Å². The molecule has 0 amide bonds. The Hall–Kier alpha value is -1.42. The molecule has 0 aliphatic rings. The summed E-state index contributed by atoms with van der Waals surface area (Å²) in [4.78, 5) is 0. The van der Waals surface area contributed by atoms with E-state index < -0.39 is 0 Å². The van der Waals surface area contributed by atoms with Gasteiger partial charge in [-0.15, -0.1) is 12.3 Å². The van der Waals surface area contributed by atoms with Gasteiger partial charge in [-0.1, -0.05) is 13.0 Å². The molecule has 0 aromatic heterocycles. The van der Waals surface area contributed by atoms with Crippen LogP contribution < -0.4 is 4.74 Å². The van der Waals surface area contributed by atoms with Crippen molar-refractivity contribution in [2.45, 2.75) is 40.0 Å². The Morgan fingerprint density at radius 2 is 2.00 bits per heavy atom. The van der Waals surface area contributed by atoms with Gasteiger partial charge in [0.1, 0.15) is 5.75 Å². The summed E-state index contributed by atoms with van der Waals surface area (Å²) in [6.45, 7) is 9.12. The van der Waals surface area contributed by atoms with Crippen LogP contribution in [0.25, 0.3) is 0 Å². The molecule has 1 heteroatoms. The van der Waals surface area contributed by atoms with Crippen molar-refractivity contribution in [2.24, 2.45) is 0 Å². The molecular weight excluding hydrogens is 196 g/mol. The van der Waals surface area contributed by atoms with Crippen molar-refractivity contribution in [2.75, 3.05) is 6.61 Å². The molecule has 1 unspecified atom stereocenters. The molecule has 1 atom stereocenters. The Balaban J connectivity index is 3.07. The van der Waals surface area contributed by atoms with Crippen LogP contribution in [0.1, 0.15) is 42.9 Å². The molecule has 0 saturated heterocycles. The largest absolute Gasteiger partial charge is 0.494 e. The third-order valence-corrected chi connectivity index (χ3v) is 3.03. The van der Waals surface area contributed by atoms with Crippen molar-refractivity contribution in [3.05, 3.63) is 28.8 Å². The smallest absolute Gasteiger partial charge is 0.122 e. The topological polar surface area (TPSA) is 9.23 Å². The number of benzene rings is 1. The van der Waals surface area contributed by atoms with Crippen LogP contribution in [-0.4, -0.2) is 6.61 Å². The van der Waals surface area contributed by atoms with Gasteiger partial charge in [0.2, 0.25) is 0 Å². The van der Waals surface area contributed by atoms with Crippen LogP contribution in [0.15, 0.2) is 12.1 Å². The van der Waals surface area contributed by atoms with Crippen molar-refractivity contribution < 1.29 is 4.74 Å². The van der Waals surface area contributed by atoms with E-state index in [1.54, 1.807) is 0 Å². The lowest BCUT2D eigenvalue weighted by Gasteiger charge is -2.17. The third kappa shape index (κ3) is 2.58. The number of hydrogen-bond donors (Lipinski definition) is 0. The van der Waals surface area contributed by atoms with Crippen LogP contribution in [0.4, 0.5) is 0 Å². The second-order valence-electron chi connectivity index (χ2n) is 4.15. The van der Waals surface area contributed by atoms with Crippen LogP contribution in [0.2, 0.25) is 0 Å². The summed E-state index contributed by atoms with van der Waals surface area (Å²) in [6.07, 6.45) is 6.14. The van der Waals surface area contributed by atoms with Gasteiger partial charge in [0, 0.05) is 6.42 Å². The van der Waals surface area contributed by atoms with Gasteiger partial charge in [0.25, 0.3) is 0 Å². The first-order chi connectivity index (χ1) is 7.61. The van der Waals surface area contributed by atoms with Gasteiger partial charge in [-0.3, -0.25) is 0 Å². The summed E-state index contributed by atoms with van der Waals surface area (Å²) < 4.78 is 5.57. The molecule has 1 nitrogen and oxygen atoms in total. The molecule has 0 radical (unpaired) electrons. The fourth-order valence-electron chi connectivity index (χ4n) is 1.95. The lowest BCUT2D eigenvalue weighted by Crippen LogP contribution is -2.01. The average Bonchev–Trinajstić information content (AvgIpc) is 2.25. The molecule has 16 heavy (non-hydrogen) atoms. The molecule has 0 N–H and O–H groups in total. The van der Waals surface area contributed by atoms with Gasteiger partial charge in [0.15, 0.2) is 0 Å². The van der Waals surface area contributed by atoms with Crippen LogP contribution in [0.3, 0.4) is 0 Å². The van der Waals surface area contributed by atoms with E-state index in [-0.39, 0.29) is 0 Å². The lowest BCUT2D eigenvalue weighted by atomic mass is 9.91. The first-order valence-corrected chi connectivity index (χ1v) is 5.78. The zero-order valence-corrected chi connectivity index (χ0v) is 10.6.